The Morgan fingerprint density at radius 1 is 1.29 bits per heavy atom. The van der Waals surface area contributed by atoms with E-state index < -0.39 is 24.4 Å². The number of hydrogen-bond acceptors (Lipinski definition) is 3. The van der Waals surface area contributed by atoms with Crippen LogP contribution in [0.15, 0.2) is 18.2 Å². The number of benzene rings is 1. The summed E-state index contributed by atoms with van der Waals surface area (Å²) in [5, 5.41) is 11.7. The molecule has 0 aliphatic carbocycles. The zero-order valence-electron chi connectivity index (χ0n) is 12.6. The van der Waals surface area contributed by atoms with Crippen molar-refractivity contribution >= 4 is 30.3 Å². The maximum atomic E-state index is 10.7. The van der Waals surface area contributed by atoms with E-state index in [1.807, 2.05) is 27.7 Å². The summed E-state index contributed by atoms with van der Waals surface area (Å²) in [5.74, 6) is 0. The number of carbonyl (C=O) groups is 1. The fourth-order valence-electron chi connectivity index (χ4n) is 2.09. The summed E-state index contributed by atoms with van der Waals surface area (Å²) in [6, 6.07) is 5.25. The topological polar surface area (TPSA) is 67.8 Å². The molecule has 1 aromatic carbocycles. The van der Waals surface area contributed by atoms with Gasteiger partial charge in [-0.15, -0.1) is 0 Å². The van der Waals surface area contributed by atoms with E-state index in [0.717, 1.165) is 11.0 Å². The van der Waals surface area contributed by atoms with Gasteiger partial charge in [0.2, 0.25) is 0 Å². The van der Waals surface area contributed by atoms with Crippen molar-refractivity contribution in [3.63, 3.8) is 0 Å². The quantitative estimate of drug-likeness (QED) is 0.841. The van der Waals surface area contributed by atoms with Crippen LogP contribution in [0.3, 0.4) is 0 Å². The van der Waals surface area contributed by atoms with Crippen molar-refractivity contribution in [2.75, 3.05) is 0 Å². The van der Waals surface area contributed by atoms with E-state index in [-0.39, 0.29) is 6.54 Å². The normalized spacial score (nSPS) is 19.6. The minimum absolute atomic E-state index is 0.173. The van der Waals surface area contributed by atoms with Crippen molar-refractivity contribution in [3.05, 3.63) is 28.8 Å². The number of carboxylic acid groups (broad SMARTS) is 1. The predicted molar refractivity (Wildman–Crippen MR) is 82.0 cm³/mol. The van der Waals surface area contributed by atoms with Crippen LogP contribution in [0.5, 0.6) is 0 Å². The van der Waals surface area contributed by atoms with Crippen LogP contribution in [0, 0.1) is 0 Å². The average Bonchev–Trinajstić information content (AvgIpc) is 2.56. The third-order valence-electron chi connectivity index (χ3n) is 4.05. The number of nitrogens with one attached hydrogen (secondary N) is 1. The summed E-state index contributed by atoms with van der Waals surface area (Å²) in [6.07, 6.45) is -1.08. The maximum Gasteiger partial charge on any atom is 0.495 e. The first-order chi connectivity index (χ1) is 9.62. The smallest absolute Gasteiger partial charge is 0.465 e. The van der Waals surface area contributed by atoms with E-state index in [1.165, 1.54) is 0 Å². The van der Waals surface area contributed by atoms with Crippen LogP contribution in [0.1, 0.15) is 33.3 Å². The van der Waals surface area contributed by atoms with Crippen molar-refractivity contribution in [2.45, 2.75) is 45.4 Å². The van der Waals surface area contributed by atoms with Crippen LogP contribution < -0.4 is 10.8 Å². The van der Waals surface area contributed by atoms with Gasteiger partial charge in [0.25, 0.3) is 0 Å². The van der Waals surface area contributed by atoms with Crippen LogP contribution in [-0.4, -0.2) is 29.5 Å². The van der Waals surface area contributed by atoms with Crippen LogP contribution in [0.25, 0.3) is 0 Å². The lowest BCUT2D eigenvalue weighted by atomic mass is 9.76. The van der Waals surface area contributed by atoms with Gasteiger partial charge in [0.1, 0.15) is 0 Å². The molecule has 0 spiro atoms. The van der Waals surface area contributed by atoms with Gasteiger partial charge in [-0.3, -0.25) is 0 Å². The van der Waals surface area contributed by atoms with Gasteiger partial charge in [-0.2, -0.15) is 0 Å². The summed E-state index contributed by atoms with van der Waals surface area (Å²) in [6.45, 7) is 8.03. The van der Waals surface area contributed by atoms with Crippen LogP contribution in [0.2, 0.25) is 5.02 Å². The summed E-state index contributed by atoms with van der Waals surface area (Å²) in [7, 11) is -0.570. The van der Waals surface area contributed by atoms with Gasteiger partial charge in [-0.25, -0.2) is 4.79 Å². The Morgan fingerprint density at radius 3 is 2.38 bits per heavy atom. The van der Waals surface area contributed by atoms with Crippen LogP contribution in [0.4, 0.5) is 4.79 Å². The molecule has 1 aliphatic rings. The van der Waals surface area contributed by atoms with Crippen molar-refractivity contribution in [1.82, 2.24) is 5.32 Å². The first-order valence-corrected chi connectivity index (χ1v) is 7.11. The monoisotopic (exact) mass is 311 g/mol. The maximum absolute atomic E-state index is 10.7. The third-order valence-corrected chi connectivity index (χ3v) is 4.28. The van der Waals surface area contributed by atoms with Gasteiger partial charge in [-0.1, -0.05) is 17.7 Å². The lowest BCUT2D eigenvalue weighted by Crippen LogP contribution is -2.41. The van der Waals surface area contributed by atoms with E-state index in [9.17, 15) is 4.79 Å². The van der Waals surface area contributed by atoms with Gasteiger partial charge in [0.05, 0.1) is 11.2 Å². The largest absolute Gasteiger partial charge is 0.495 e. The van der Waals surface area contributed by atoms with Gasteiger partial charge in [-0.05, 0) is 50.9 Å². The molecule has 1 saturated heterocycles. The summed E-state index contributed by atoms with van der Waals surface area (Å²) in [5.41, 5.74) is 0.602. The highest BCUT2D eigenvalue weighted by molar-refractivity contribution is 6.63. The molecule has 0 aromatic heterocycles. The highest BCUT2D eigenvalue weighted by atomic mass is 35.5. The molecular formula is C14H19BClNO4. The molecule has 1 amide bonds. The molecule has 0 radical (unpaired) electrons. The first kappa shape index (κ1) is 16.1. The molecular weight excluding hydrogens is 292 g/mol. The average molecular weight is 312 g/mol. The van der Waals surface area contributed by atoms with E-state index in [1.54, 1.807) is 18.2 Å². The SMILES string of the molecule is CC1(C)OB(c2cc(Cl)ccc2CNC(=O)O)OC1(C)C. The van der Waals surface area contributed by atoms with Crippen molar-refractivity contribution in [3.8, 4) is 0 Å². The third kappa shape index (κ3) is 3.34. The minimum Gasteiger partial charge on any atom is -0.465 e. The van der Waals surface area contributed by atoms with E-state index in [2.05, 4.69) is 5.32 Å². The zero-order chi connectivity index (χ0) is 15.8. The molecule has 1 heterocycles. The van der Waals surface area contributed by atoms with Crippen LogP contribution in [-0.2, 0) is 15.9 Å². The number of rotatable bonds is 3. The molecule has 2 N–H and O–H groups in total. The summed E-state index contributed by atoms with van der Waals surface area (Å²) in [4.78, 5) is 10.7. The zero-order valence-corrected chi connectivity index (χ0v) is 13.3. The molecule has 1 aliphatic heterocycles. The molecule has 21 heavy (non-hydrogen) atoms. The molecule has 0 bridgehead atoms. The summed E-state index contributed by atoms with van der Waals surface area (Å²) < 4.78 is 12.0. The Bertz CT molecular complexity index is 546. The van der Waals surface area contributed by atoms with Gasteiger partial charge in [0, 0.05) is 11.6 Å². The lowest BCUT2D eigenvalue weighted by Gasteiger charge is -2.32. The minimum atomic E-state index is -1.08. The number of amides is 1. The number of hydrogen-bond donors (Lipinski definition) is 2. The molecule has 0 atom stereocenters. The Labute approximate surface area is 129 Å². The van der Waals surface area contributed by atoms with Crippen molar-refractivity contribution in [2.24, 2.45) is 0 Å². The lowest BCUT2D eigenvalue weighted by molar-refractivity contribution is 0.00578. The molecule has 0 unspecified atom stereocenters. The van der Waals surface area contributed by atoms with E-state index >= 15 is 0 Å². The highest BCUT2D eigenvalue weighted by Gasteiger charge is 2.52. The molecule has 2 rings (SSSR count). The predicted octanol–water partition coefficient (Wildman–Crippen LogP) is 2.41. The van der Waals surface area contributed by atoms with Gasteiger partial charge in [0.15, 0.2) is 0 Å². The molecule has 5 nitrogen and oxygen atoms in total. The number of halogens is 1. The van der Waals surface area contributed by atoms with Gasteiger partial charge >= 0.3 is 13.2 Å². The second-order valence-electron chi connectivity index (χ2n) is 6.09. The Balaban J connectivity index is 2.31. The van der Waals surface area contributed by atoms with E-state index in [4.69, 9.17) is 26.0 Å². The molecule has 1 aromatic rings. The van der Waals surface area contributed by atoms with Gasteiger partial charge < -0.3 is 19.7 Å². The van der Waals surface area contributed by atoms with Crippen molar-refractivity contribution < 1.29 is 19.2 Å². The summed E-state index contributed by atoms with van der Waals surface area (Å²) >= 11 is 6.05. The molecule has 0 saturated carbocycles. The molecule has 7 heteroatoms. The Hall–Kier alpha value is -1.24. The standard InChI is InChI=1S/C14H19BClNO4/c1-13(2)14(3,4)21-15(20-13)11-7-10(16)6-5-9(11)8-17-12(18)19/h5-7,17H,8H2,1-4H3,(H,18,19). The van der Waals surface area contributed by atoms with Crippen molar-refractivity contribution in [1.29, 1.82) is 0 Å². The molecule has 1 fully saturated rings. The van der Waals surface area contributed by atoms with Crippen LogP contribution >= 0.6 is 11.6 Å². The Morgan fingerprint density at radius 2 is 1.86 bits per heavy atom. The highest BCUT2D eigenvalue weighted by Crippen LogP contribution is 2.36. The fourth-order valence-corrected chi connectivity index (χ4v) is 2.27. The van der Waals surface area contributed by atoms with E-state index in [0.29, 0.717) is 5.02 Å². The molecule has 114 valence electrons. The second kappa shape index (κ2) is 5.52. The Kier molecular flexibility index (Phi) is 4.24. The second-order valence-corrected chi connectivity index (χ2v) is 6.53. The fraction of sp³-hybridized carbons (Fsp3) is 0.500. The first-order valence-electron chi connectivity index (χ1n) is 6.73.